The molecule has 0 N–H and O–H groups in total. The lowest BCUT2D eigenvalue weighted by Crippen LogP contribution is -2.16. The van der Waals surface area contributed by atoms with Crippen molar-refractivity contribution in [2.75, 3.05) is 6.61 Å². The van der Waals surface area contributed by atoms with Crippen LogP contribution in [0.25, 0.3) is 0 Å². The highest BCUT2D eigenvalue weighted by Crippen LogP contribution is 2.23. The number of nitrogens with zero attached hydrogens (tertiary/aromatic N) is 2. The van der Waals surface area contributed by atoms with Gasteiger partial charge < -0.3 is 4.74 Å². The minimum Gasteiger partial charge on any atom is -0.478 e. The quantitative estimate of drug-likeness (QED) is 0.792. The standard InChI is InChI=1S/C11H17BrN2O/c1-5-6-15-9-7-8(12)13-10(14-9)11(2,3)4/h7H,5-6H2,1-4H3. The van der Waals surface area contributed by atoms with Crippen molar-refractivity contribution in [3.05, 3.63) is 16.5 Å². The van der Waals surface area contributed by atoms with Crippen molar-refractivity contribution < 1.29 is 4.74 Å². The highest BCUT2D eigenvalue weighted by atomic mass is 79.9. The van der Waals surface area contributed by atoms with Gasteiger partial charge in [0.25, 0.3) is 0 Å². The Hall–Kier alpha value is -0.640. The van der Waals surface area contributed by atoms with Crippen LogP contribution in [-0.2, 0) is 5.41 Å². The van der Waals surface area contributed by atoms with E-state index in [9.17, 15) is 0 Å². The third-order valence-corrected chi connectivity index (χ3v) is 2.20. The molecular formula is C11H17BrN2O. The fourth-order valence-corrected chi connectivity index (χ4v) is 1.38. The summed E-state index contributed by atoms with van der Waals surface area (Å²) in [5, 5.41) is 0. The topological polar surface area (TPSA) is 35.0 Å². The maximum absolute atomic E-state index is 5.49. The summed E-state index contributed by atoms with van der Waals surface area (Å²) < 4.78 is 6.26. The van der Waals surface area contributed by atoms with Gasteiger partial charge in [0.1, 0.15) is 10.4 Å². The summed E-state index contributed by atoms with van der Waals surface area (Å²) in [6.45, 7) is 9.00. The van der Waals surface area contributed by atoms with E-state index in [0.717, 1.165) is 16.8 Å². The molecule has 0 unspecified atom stereocenters. The van der Waals surface area contributed by atoms with E-state index in [4.69, 9.17) is 4.74 Å². The Bertz CT molecular complexity index is 334. The van der Waals surface area contributed by atoms with Gasteiger partial charge in [-0.25, -0.2) is 4.98 Å². The Labute approximate surface area is 99.4 Å². The van der Waals surface area contributed by atoms with Gasteiger partial charge in [-0.1, -0.05) is 27.7 Å². The number of aromatic nitrogens is 2. The third kappa shape index (κ3) is 3.78. The highest BCUT2D eigenvalue weighted by molar-refractivity contribution is 9.10. The Kier molecular flexibility index (Phi) is 4.08. The van der Waals surface area contributed by atoms with Crippen LogP contribution in [0.4, 0.5) is 0 Å². The van der Waals surface area contributed by atoms with Crippen molar-refractivity contribution in [3.63, 3.8) is 0 Å². The second kappa shape index (κ2) is 4.92. The molecule has 1 aromatic rings. The molecule has 0 amide bonds. The fraction of sp³-hybridized carbons (Fsp3) is 0.636. The largest absolute Gasteiger partial charge is 0.478 e. The van der Waals surface area contributed by atoms with Crippen LogP contribution in [-0.4, -0.2) is 16.6 Å². The Morgan fingerprint density at radius 3 is 2.53 bits per heavy atom. The summed E-state index contributed by atoms with van der Waals surface area (Å²) in [6.07, 6.45) is 0.979. The minimum atomic E-state index is -0.0614. The SMILES string of the molecule is CCCOc1cc(Br)nc(C(C)(C)C)n1. The van der Waals surface area contributed by atoms with Crippen LogP contribution in [0.15, 0.2) is 10.7 Å². The summed E-state index contributed by atoms with van der Waals surface area (Å²) in [7, 11) is 0. The average Bonchev–Trinajstić information content (AvgIpc) is 2.12. The molecule has 0 spiro atoms. The lowest BCUT2D eigenvalue weighted by atomic mass is 9.96. The van der Waals surface area contributed by atoms with E-state index < -0.39 is 0 Å². The molecule has 0 fully saturated rings. The smallest absolute Gasteiger partial charge is 0.217 e. The van der Waals surface area contributed by atoms with Crippen LogP contribution in [0.3, 0.4) is 0 Å². The minimum absolute atomic E-state index is 0.0614. The molecule has 0 aromatic carbocycles. The predicted molar refractivity (Wildman–Crippen MR) is 64.2 cm³/mol. The molecular weight excluding hydrogens is 256 g/mol. The molecule has 0 radical (unpaired) electrons. The van der Waals surface area contributed by atoms with E-state index in [1.807, 2.05) is 0 Å². The van der Waals surface area contributed by atoms with Crippen molar-refractivity contribution in [1.29, 1.82) is 0 Å². The van der Waals surface area contributed by atoms with Crippen LogP contribution >= 0.6 is 15.9 Å². The van der Waals surface area contributed by atoms with Crippen LogP contribution < -0.4 is 4.74 Å². The van der Waals surface area contributed by atoms with E-state index in [2.05, 4.69) is 53.6 Å². The summed E-state index contributed by atoms with van der Waals surface area (Å²) in [5.41, 5.74) is -0.0614. The Morgan fingerprint density at radius 1 is 1.33 bits per heavy atom. The zero-order chi connectivity index (χ0) is 11.5. The van der Waals surface area contributed by atoms with E-state index in [-0.39, 0.29) is 5.41 Å². The molecule has 84 valence electrons. The molecule has 0 atom stereocenters. The molecule has 3 nitrogen and oxygen atoms in total. The summed E-state index contributed by atoms with van der Waals surface area (Å²) in [6, 6.07) is 1.80. The van der Waals surface area contributed by atoms with E-state index in [1.165, 1.54) is 0 Å². The van der Waals surface area contributed by atoms with Crippen LogP contribution in [0.5, 0.6) is 5.88 Å². The number of halogens is 1. The van der Waals surface area contributed by atoms with Crippen LogP contribution in [0.1, 0.15) is 39.9 Å². The molecule has 0 aliphatic heterocycles. The van der Waals surface area contributed by atoms with E-state index in [1.54, 1.807) is 6.07 Å². The number of ether oxygens (including phenoxy) is 1. The van der Waals surface area contributed by atoms with Gasteiger partial charge in [-0.05, 0) is 22.4 Å². The predicted octanol–water partition coefficient (Wildman–Crippen LogP) is 3.33. The first-order valence-corrected chi connectivity index (χ1v) is 5.90. The summed E-state index contributed by atoms with van der Waals surface area (Å²) in [5.74, 6) is 1.44. The Balaban J connectivity index is 2.95. The third-order valence-electron chi connectivity index (χ3n) is 1.80. The number of rotatable bonds is 3. The first-order valence-electron chi connectivity index (χ1n) is 5.11. The second-order valence-electron chi connectivity index (χ2n) is 4.45. The molecule has 1 heterocycles. The molecule has 0 saturated carbocycles. The number of hydrogen-bond donors (Lipinski definition) is 0. The Morgan fingerprint density at radius 2 is 2.00 bits per heavy atom. The monoisotopic (exact) mass is 272 g/mol. The normalized spacial score (nSPS) is 11.5. The lowest BCUT2D eigenvalue weighted by Gasteiger charge is -2.17. The van der Waals surface area contributed by atoms with Gasteiger partial charge in [0.15, 0.2) is 0 Å². The van der Waals surface area contributed by atoms with Crippen molar-refractivity contribution in [1.82, 2.24) is 9.97 Å². The zero-order valence-electron chi connectivity index (χ0n) is 9.67. The highest BCUT2D eigenvalue weighted by Gasteiger charge is 2.18. The van der Waals surface area contributed by atoms with Gasteiger partial charge >= 0.3 is 0 Å². The van der Waals surface area contributed by atoms with Gasteiger partial charge in [0.2, 0.25) is 5.88 Å². The van der Waals surface area contributed by atoms with Crippen molar-refractivity contribution in [3.8, 4) is 5.88 Å². The van der Waals surface area contributed by atoms with Gasteiger partial charge in [0.05, 0.1) is 6.61 Å². The van der Waals surface area contributed by atoms with Gasteiger partial charge in [-0.3, -0.25) is 0 Å². The zero-order valence-corrected chi connectivity index (χ0v) is 11.3. The molecule has 0 saturated heterocycles. The van der Waals surface area contributed by atoms with Crippen molar-refractivity contribution in [2.45, 2.75) is 39.5 Å². The summed E-state index contributed by atoms with van der Waals surface area (Å²) in [4.78, 5) is 8.72. The average molecular weight is 273 g/mol. The first-order chi connectivity index (χ1) is 6.93. The fourth-order valence-electron chi connectivity index (χ4n) is 1.01. The van der Waals surface area contributed by atoms with E-state index >= 15 is 0 Å². The molecule has 0 aliphatic carbocycles. The summed E-state index contributed by atoms with van der Waals surface area (Å²) >= 11 is 3.37. The maximum atomic E-state index is 5.49. The molecule has 15 heavy (non-hydrogen) atoms. The lowest BCUT2D eigenvalue weighted by molar-refractivity contribution is 0.301. The van der Waals surface area contributed by atoms with Gasteiger partial charge in [0, 0.05) is 11.5 Å². The molecule has 1 rings (SSSR count). The van der Waals surface area contributed by atoms with Crippen molar-refractivity contribution >= 4 is 15.9 Å². The van der Waals surface area contributed by atoms with Crippen molar-refractivity contribution in [2.24, 2.45) is 0 Å². The molecule has 1 aromatic heterocycles. The first kappa shape index (κ1) is 12.4. The van der Waals surface area contributed by atoms with Gasteiger partial charge in [-0.2, -0.15) is 4.98 Å². The molecule has 0 bridgehead atoms. The van der Waals surface area contributed by atoms with E-state index in [0.29, 0.717) is 12.5 Å². The van der Waals surface area contributed by atoms with Crippen LogP contribution in [0.2, 0.25) is 0 Å². The molecule has 0 aliphatic rings. The van der Waals surface area contributed by atoms with Gasteiger partial charge in [-0.15, -0.1) is 0 Å². The van der Waals surface area contributed by atoms with Crippen LogP contribution in [0, 0.1) is 0 Å². The number of hydrogen-bond acceptors (Lipinski definition) is 3. The molecule has 4 heteroatoms. The maximum Gasteiger partial charge on any atom is 0.217 e. The second-order valence-corrected chi connectivity index (χ2v) is 5.26.